The molecule has 3 heterocycles. The standard InChI is InChI=1S/C22H17N5OS/c1-2-6-16(7-3-1)14-27-21(17-10-12-23-13-11-17)25-26-22(27)29-15-20-24-18-8-4-5-9-19(18)28-20/h1-13H,14-15H2. The van der Waals surface area contributed by atoms with Gasteiger partial charge in [-0.15, -0.1) is 10.2 Å². The lowest BCUT2D eigenvalue weighted by Gasteiger charge is -2.10. The summed E-state index contributed by atoms with van der Waals surface area (Å²) in [7, 11) is 0. The van der Waals surface area contributed by atoms with E-state index in [1.807, 2.05) is 54.6 Å². The minimum atomic E-state index is 0.581. The van der Waals surface area contributed by atoms with Crippen molar-refractivity contribution in [2.75, 3.05) is 0 Å². The molecule has 2 aromatic carbocycles. The molecule has 0 aliphatic carbocycles. The van der Waals surface area contributed by atoms with Crippen LogP contribution < -0.4 is 0 Å². The van der Waals surface area contributed by atoms with Gasteiger partial charge in [-0.3, -0.25) is 9.55 Å². The van der Waals surface area contributed by atoms with Gasteiger partial charge in [-0.2, -0.15) is 0 Å². The molecule has 0 atom stereocenters. The molecule has 0 spiro atoms. The summed E-state index contributed by atoms with van der Waals surface area (Å²) in [5.41, 5.74) is 3.83. The second kappa shape index (κ2) is 7.89. The maximum absolute atomic E-state index is 5.84. The summed E-state index contributed by atoms with van der Waals surface area (Å²) in [5, 5.41) is 9.72. The molecule has 0 bridgehead atoms. The average Bonchev–Trinajstić information content (AvgIpc) is 3.37. The summed E-state index contributed by atoms with van der Waals surface area (Å²) < 4.78 is 7.96. The van der Waals surface area contributed by atoms with Crippen molar-refractivity contribution in [3.8, 4) is 11.4 Å². The van der Waals surface area contributed by atoms with Gasteiger partial charge in [0.25, 0.3) is 0 Å². The largest absolute Gasteiger partial charge is 0.440 e. The van der Waals surface area contributed by atoms with Gasteiger partial charge in [0.15, 0.2) is 16.6 Å². The minimum absolute atomic E-state index is 0.581. The van der Waals surface area contributed by atoms with Crippen molar-refractivity contribution in [3.05, 3.63) is 90.6 Å². The normalized spacial score (nSPS) is 11.2. The van der Waals surface area contributed by atoms with Gasteiger partial charge in [0, 0.05) is 18.0 Å². The van der Waals surface area contributed by atoms with Gasteiger partial charge in [0.1, 0.15) is 5.52 Å². The number of para-hydroxylation sites is 2. The second-order valence-electron chi connectivity index (χ2n) is 6.48. The van der Waals surface area contributed by atoms with Crippen molar-refractivity contribution >= 4 is 22.9 Å². The molecule has 142 valence electrons. The van der Waals surface area contributed by atoms with E-state index in [1.54, 1.807) is 24.2 Å². The van der Waals surface area contributed by atoms with E-state index >= 15 is 0 Å². The number of thioether (sulfide) groups is 1. The van der Waals surface area contributed by atoms with E-state index in [1.165, 1.54) is 5.56 Å². The number of hydrogen-bond acceptors (Lipinski definition) is 6. The first-order valence-electron chi connectivity index (χ1n) is 9.21. The Morgan fingerprint density at radius 2 is 1.66 bits per heavy atom. The van der Waals surface area contributed by atoms with E-state index in [2.05, 4.69) is 36.9 Å². The predicted octanol–water partition coefficient (Wildman–Crippen LogP) is 4.82. The fourth-order valence-corrected chi connectivity index (χ4v) is 3.91. The van der Waals surface area contributed by atoms with Gasteiger partial charge >= 0.3 is 0 Å². The lowest BCUT2D eigenvalue weighted by molar-refractivity contribution is 0.555. The molecule has 3 aromatic heterocycles. The van der Waals surface area contributed by atoms with Crippen LogP contribution >= 0.6 is 11.8 Å². The van der Waals surface area contributed by atoms with Crippen LogP contribution in [0, 0.1) is 0 Å². The van der Waals surface area contributed by atoms with E-state index in [-0.39, 0.29) is 0 Å². The Labute approximate surface area is 171 Å². The maximum Gasteiger partial charge on any atom is 0.205 e. The number of oxazole rings is 1. The van der Waals surface area contributed by atoms with Gasteiger partial charge < -0.3 is 4.42 Å². The third-order valence-corrected chi connectivity index (χ3v) is 5.45. The summed E-state index contributed by atoms with van der Waals surface area (Å²) in [6.07, 6.45) is 3.53. The van der Waals surface area contributed by atoms with Gasteiger partial charge in [-0.1, -0.05) is 54.2 Å². The monoisotopic (exact) mass is 399 g/mol. The molecule has 0 amide bonds. The summed E-state index contributed by atoms with van der Waals surface area (Å²) in [6, 6.07) is 22.0. The lowest BCUT2D eigenvalue weighted by Crippen LogP contribution is -2.04. The molecular formula is C22H17N5OS. The molecule has 0 aliphatic rings. The first-order chi connectivity index (χ1) is 14.4. The fourth-order valence-electron chi connectivity index (χ4n) is 3.13. The number of fused-ring (bicyclic) bond motifs is 1. The van der Waals surface area contributed by atoms with E-state index in [9.17, 15) is 0 Å². The molecule has 0 unspecified atom stereocenters. The van der Waals surface area contributed by atoms with Crippen LogP contribution in [0.5, 0.6) is 0 Å². The molecule has 0 saturated heterocycles. The van der Waals surface area contributed by atoms with Crippen molar-refractivity contribution < 1.29 is 4.42 Å². The zero-order valence-electron chi connectivity index (χ0n) is 15.5. The minimum Gasteiger partial charge on any atom is -0.440 e. The first-order valence-corrected chi connectivity index (χ1v) is 10.2. The molecule has 0 radical (unpaired) electrons. The van der Waals surface area contributed by atoms with Crippen molar-refractivity contribution in [3.63, 3.8) is 0 Å². The van der Waals surface area contributed by atoms with Gasteiger partial charge in [-0.25, -0.2) is 4.98 Å². The summed E-state index contributed by atoms with van der Waals surface area (Å²) in [4.78, 5) is 8.66. The van der Waals surface area contributed by atoms with Crippen LogP contribution in [0.15, 0.2) is 88.7 Å². The highest BCUT2D eigenvalue weighted by Gasteiger charge is 2.16. The van der Waals surface area contributed by atoms with Crippen LogP contribution in [0.2, 0.25) is 0 Å². The van der Waals surface area contributed by atoms with Gasteiger partial charge in [0.2, 0.25) is 5.89 Å². The molecule has 7 heteroatoms. The Balaban J connectivity index is 1.46. The van der Waals surface area contributed by atoms with Crippen LogP contribution in [-0.2, 0) is 12.3 Å². The van der Waals surface area contributed by atoms with Gasteiger partial charge in [0.05, 0.1) is 12.3 Å². The zero-order valence-corrected chi connectivity index (χ0v) is 16.3. The Kier molecular flexibility index (Phi) is 4.80. The Morgan fingerprint density at radius 1 is 0.862 bits per heavy atom. The van der Waals surface area contributed by atoms with Crippen molar-refractivity contribution in [1.29, 1.82) is 0 Å². The van der Waals surface area contributed by atoms with Crippen LogP contribution in [-0.4, -0.2) is 24.7 Å². The van der Waals surface area contributed by atoms with E-state index < -0.39 is 0 Å². The number of benzene rings is 2. The van der Waals surface area contributed by atoms with E-state index in [4.69, 9.17) is 4.42 Å². The molecule has 0 fully saturated rings. The van der Waals surface area contributed by atoms with Crippen LogP contribution in [0.4, 0.5) is 0 Å². The number of rotatable bonds is 6. The lowest BCUT2D eigenvalue weighted by atomic mass is 10.2. The van der Waals surface area contributed by atoms with Crippen molar-refractivity contribution in [1.82, 2.24) is 24.7 Å². The van der Waals surface area contributed by atoms with Crippen LogP contribution in [0.3, 0.4) is 0 Å². The SMILES string of the molecule is c1ccc(Cn2c(SCc3nc4ccccc4o3)nnc2-c2ccncc2)cc1. The Morgan fingerprint density at radius 3 is 2.48 bits per heavy atom. The molecule has 29 heavy (non-hydrogen) atoms. The van der Waals surface area contributed by atoms with Crippen molar-refractivity contribution in [2.24, 2.45) is 0 Å². The fraction of sp³-hybridized carbons (Fsp3) is 0.0909. The molecule has 0 N–H and O–H groups in total. The number of pyridine rings is 1. The maximum atomic E-state index is 5.84. The average molecular weight is 399 g/mol. The van der Waals surface area contributed by atoms with E-state index in [0.29, 0.717) is 18.2 Å². The summed E-state index contributed by atoms with van der Waals surface area (Å²) in [5.74, 6) is 2.07. The van der Waals surface area contributed by atoms with Crippen molar-refractivity contribution in [2.45, 2.75) is 17.5 Å². The highest BCUT2D eigenvalue weighted by Crippen LogP contribution is 2.28. The first kappa shape index (κ1) is 17.6. The smallest absolute Gasteiger partial charge is 0.205 e. The number of aromatic nitrogens is 5. The van der Waals surface area contributed by atoms with Gasteiger partial charge in [-0.05, 0) is 29.8 Å². The number of hydrogen-bond donors (Lipinski definition) is 0. The van der Waals surface area contributed by atoms with Crippen LogP contribution in [0.1, 0.15) is 11.5 Å². The molecule has 0 saturated carbocycles. The topological polar surface area (TPSA) is 69.6 Å². The van der Waals surface area contributed by atoms with E-state index in [0.717, 1.165) is 27.6 Å². The molecule has 5 aromatic rings. The molecule has 5 rings (SSSR count). The van der Waals surface area contributed by atoms with Crippen LogP contribution in [0.25, 0.3) is 22.5 Å². The highest BCUT2D eigenvalue weighted by atomic mass is 32.2. The highest BCUT2D eigenvalue weighted by molar-refractivity contribution is 7.98. The predicted molar refractivity (Wildman–Crippen MR) is 112 cm³/mol. The molecule has 6 nitrogen and oxygen atoms in total. The Bertz CT molecular complexity index is 1200. The molecule has 0 aliphatic heterocycles. The number of nitrogens with zero attached hydrogens (tertiary/aromatic N) is 5. The summed E-state index contributed by atoms with van der Waals surface area (Å²) in [6.45, 7) is 0.682. The third kappa shape index (κ3) is 3.77. The third-order valence-electron chi connectivity index (χ3n) is 4.50. The summed E-state index contributed by atoms with van der Waals surface area (Å²) >= 11 is 1.57. The second-order valence-corrected chi connectivity index (χ2v) is 7.42. The Hall–Kier alpha value is -3.45. The molecular weight excluding hydrogens is 382 g/mol. The quantitative estimate of drug-likeness (QED) is 0.381. The zero-order chi connectivity index (χ0) is 19.5.